The minimum absolute atomic E-state index is 0.924. The molecule has 2 aromatic carbocycles. The second-order valence-electron chi connectivity index (χ2n) is 4.59. The quantitative estimate of drug-likeness (QED) is 0.838. The fraction of sp³-hybridized carbons (Fsp3) is 0.250. The van der Waals surface area contributed by atoms with Gasteiger partial charge in [0.05, 0.1) is 0 Å². The van der Waals surface area contributed by atoms with E-state index in [4.69, 9.17) is 0 Å². The molecular formula is C16H19N. The van der Waals surface area contributed by atoms with Crippen molar-refractivity contribution in [3.63, 3.8) is 0 Å². The van der Waals surface area contributed by atoms with Crippen LogP contribution in [-0.2, 0) is 13.1 Å². The van der Waals surface area contributed by atoms with Gasteiger partial charge in [0, 0.05) is 13.1 Å². The maximum Gasteiger partial charge on any atom is 0.0208 e. The van der Waals surface area contributed by atoms with Crippen LogP contribution in [-0.4, -0.2) is 0 Å². The van der Waals surface area contributed by atoms with E-state index in [-0.39, 0.29) is 0 Å². The second-order valence-corrected chi connectivity index (χ2v) is 4.59. The highest BCUT2D eigenvalue weighted by Crippen LogP contribution is 2.08. The van der Waals surface area contributed by atoms with Crippen molar-refractivity contribution in [2.75, 3.05) is 0 Å². The molecule has 0 aliphatic heterocycles. The molecule has 2 aromatic rings. The monoisotopic (exact) mass is 225 g/mol. The Morgan fingerprint density at radius 2 is 1.35 bits per heavy atom. The first-order chi connectivity index (χ1) is 8.24. The molecule has 0 unspecified atom stereocenters. The SMILES string of the molecule is Cc1cc(C)cc(CNCc2ccccc2)c1. The van der Waals surface area contributed by atoms with E-state index >= 15 is 0 Å². The van der Waals surface area contributed by atoms with Gasteiger partial charge in [-0.2, -0.15) is 0 Å². The van der Waals surface area contributed by atoms with Crippen LogP contribution in [0.3, 0.4) is 0 Å². The topological polar surface area (TPSA) is 12.0 Å². The minimum Gasteiger partial charge on any atom is -0.309 e. The minimum atomic E-state index is 0.924. The molecule has 1 nitrogen and oxygen atoms in total. The molecule has 0 amide bonds. The highest BCUT2D eigenvalue weighted by atomic mass is 14.8. The molecule has 0 aromatic heterocycles. The molecule has 0 saturated heterocycles. The van der Waals surface area contributed by atoms with Crippen molar-refractivity contribution in [1.29, 1.82) is 0 Å². The van der Waals surface area contributed by atoms with Crippen molar-refractivity contribution in [1.82, 2.24) is 5.32 Å². The summed E-state index contributed by atoms with van der Waals surface area (Å²) in [6, 6.07) is 17.2. The summed E-state index contributed by atoms with van der Waals surface area (Å²) in [6.07, 6.45) is 0. The fourth-order valence-corrected chi connectivity index (χ4v) is 2.12. The average Bonchev–Trinajstić information content (AvgIpc) is 2.29. The fourth-order valence-electron chi connectivity index (χ4n) is 2.12. The normalized spacial score (nSPS) is 10.5. The molecule has 0 bridgehead atoms. The zero-order chi connectivity index (χ0) is 12.1. The van der Waals surface area contributed by atoms with Gasteiger partial charge in [-0.1, -0.05) is 59.7 Å². The van der Waals surface area contributed by atoms with Gasteiger partial charge in [-0.25, -0.2) is 0 Å². The van der Waals surface area contributed by atoms with Crippen LogP contribution in [0.15, 0.2) is 48.5 Å². The second kappa shape index (κ2) is 5.65. The number of hydrogen-bond donors (Lipinski definition) is 1. The molecule has 1 heteroatoms. The Morgan fingerprint density at radius 3 is 2.00 bits per heavy atom. The van der Waals surface area contributed by atoms with E-state index in [1.165, 1.54) is 22.3 Å². The lowest BCUT2D eigenvalue weighted by molar-refractivity contribution is 0.692. The van der Waals surface area contributed by atoms with Gasteiger partial charge < -0.3 is 5.32 Å². The Hall–Kier alpha value is -1.60. The molecule has 0 heterocycles. The van der Waals surface area contributed by atoms with Crippen molar-refractivity contribution in [2.45, 2.75) is 26.9 Å². The van der Waals surface area contributed by atoms with E-state index in [9.17, 15) is 0 Å². The van der Waals surface area contributed by atoms with E-state index in [1.807, 2.05) is 6.07 Å². The first kappa shape index (κ1) is 11.9. The van der Waals surface area contributed by atoms with Gasteiger partial charge in [0.2, 0.25) is 0 Å². The number of benzene rings is 2. The maximum absolute atomic E-state index is 3.47. The van der Waals surface area contributed by atoms with Gasteiger partial charge in [-0.15, -0.1) is 0 Å². The Labute approximate surface area is 103 Å². The van der Waals surface area contributed by atoms with Crippen LogP contribution in [0.1, 0.15) is 22.3 Å². The van der Waals surface area contributed by atoms with E-state index in [2.05, 4.69) is 61.6 Å². The third-order valence-corrected chi connectivity index (χ3v) is 2.78. The van der Waals surface area contributed by atoms with Gasteiger partial charge in [0.1, 0.15) is 0 Å². The van der Waals surface area contributed by atoms with Gasteiger partial charge in [-0.3, -0.25) is 0 Å². The zero-order valence-electron chi connectivity index (χ0n) is 10.5. The smallest absolute Gasteiger partial charge is 0.0208 e. The first-order valence-corrected chi connectivity index (χ1v) is 6.06. The third kappa shape index (κ3) is 3.72. The summed E-state index contributed by atoms with van der Waals surface area (Å²) in [4.78, 5) is 0. The van der Waals surface area contributed by atoms with Gasteiger partial charge >= 0.3 is 0 Å². The predicted molar refractivity (Wildman–Crippen MR) is 72.9 cm³/mol. The Bertz CT molecular complexity index is 454. The van der Waals surface area contributed by atoms with Crippen molar-refractivity contribution < 1.29 is 0 Å². The summed E-state index contributed by atoms with van der Waals surface area (Å²) in [5.74, 6) is 0. The zero-order valence-corrected chi connectivity index (χ0v) is 10.5. The lowest BCUT2D eigenvalue weighted by Gasteiger charge is -2.07. The molecule has 0 aliphatic carbocycles. The van der Waals surface area contributed by atoms with Crippen LogP contribution in [0.5, 0.6) is 0 Å². The molecule has 88 valence electrons. The third-order valence-electron chi connectivity index (χ3n) is 2.78. The highest BCUT2D eigenvalue weighted by molar-refractivity contribution is 5.28. The Kier molecular flexibility index (Phi) is 3.94. The Morgan fingerprint density at radius 1 is 0.765 bits per heavy atom. The summed E-state index contributed by atoms with van der Waals surface area (Å²) in [5, 5.41) is 3.47. The van der Waals surface area contributed by atoms with Crippen molar-refractivity contribution in [3.05, 3.63) is 70.8 Å². The summed E-state index contributed by atoms with van der Waals surface area (Å²) in [7, 11) is 0. The van der Waals surface area contributed by atoms with Gasteiger partial charge in [-0.05, 0) is 25.0 Å². The van der Waals surface area contributed by atoms with Crippen LogP contribution in [0, 0.1) is 13.8 Å². The lowest BCUT2D eigenvalue weighted by Crippen LogP contribution is -2.12. The van der Waals surface area contributed by atoms with Crippen LogP contribution in [0.25, 0.3) is 0 Å². The molecule has 0 spiro atoms. The van der Waals surface area contributed by atoms with E-state index < -0.39 is 0 Å². The highest BCUT2D eigenvalue weighted by Gasteiger charge is 1.96. The van der Waals surface area contributed by atoms with Crippen LogP contribution in [0.2, 0.25) is 0 Å². The van der Waals surface area contributed by atoms with Crippen molar-refractivity contribution >= 4 is 0 Å². The first-order valence-electron chi connectivity index (χ1n) is 6.06. The Balaban J connectivity index is 1.90. The molecule has 0 saturated carbocycles. The van der Waals surface area contributed by atoms with E-state index in [1.54, 1.807) is 0 Å². The lowest BCUT2D eigenvalue weighted by atomic mass is 10.1. The number of hydrogen-bond acceptors (Lipinski definition) is 1. The summed E-state index contributed by atoms with van der Waals surface area (Å²) < 4.78 is 0. The number of aryl methyl sites for hydroxylation is 2. The van der Waals surface area contributed by atoms with Crippen LogP contribution < -0.4 is 5.32 Å². The predicted octanol–water partition coefficient (Wildman–Crippen LogP) is 3.59. The van der Waals surface area contributed by atoms with E-state index in [0.717, 1.165) is 13.1 Å². The molecular weight excluding hydrogens is 206 g/mol. The molecule has 17 heavy (non-hydrogen) atoms. The number of nitrogens with one attached hydrogen (secondary N) is 1. The average molecular weight is 225 g/mol. The molecule has 0 radical (unpaired) electrons. The summed E-state index contributed by atoms with van der Waals surface area (Å²) >= 11 is 0. The maximum atomic E-state index is 3.47. The van der Waals surface area contributed by atoms with Crippen molar-refractivity contribution in [3.8, 4) is 0 Å². The molecule has 0 atom stereocenters. The summed E-state index contributed by atoms with van der Waals surface area (Å²) in [6.45, 7) is 6.15. The largest absolute Gasteiger partial charge is 0.309 e. The standard InChI is InChI=1S/C16H19N/c1-13-8-14(2)10-16(9-13)12-17-11-15-6-4-3-5-7-15/h3-10,17H,11-12H2,1-2H3. The molecule has 1 N–H and O–H groups in total. The number of rotatable bonds is 4. The van der Waals surface area contributed by atoms with Crippen LogP contribution >= 0.6 is 0 Å². The van der Waals surface area contributed by atoms with Crippen LogP contribution in [0.4, 0.5) is 0 Å². The summed E-state index contributed by atoms with van der Waals surface area (Å²) in [5.41, 5.74) is 5.36. The molecule has 0 fully saturated rings. The van der Waals surface area contributed by atoms with E-state index in [0.29, 0.717) is 0 Å². The van der Waals surface area contributed by atoms with Gasteiger partial charge in [0.25, 0.3) is 0 Å². The molecule has 0 aliphatic rings. The molecule has 2 rings (SSSR count). The van der Waals surface area contributed by atoms with Gasteiger partial charge in [0.15, 0.2) is 0 Å². The van der Waals surface area contributed by atoms with Crippen molar-refractivity contribution in [2.24, 2.45) is 0 Å².